The topological polar surface area (TPSA) is 72.4 Å². The van der Waals surface area contributed by atoms with Gasteiger partial charge in [0.1, 0.15) is 6.61 Å². The van der Waals surface area contributed by atoms with E-state index in [1.54, 1.807) is 0 Å². The third kappa shape index (κ3) is 3.89. The van der Waals surface area contributed by atoms with Crippen molar-refractivity contribution in [2.24, 2.45) is 5.92 Å². The van der Waals surface area contributed by atoms with E-state index in [4.69, 9.17) is 4.74 Å². The molecule has 0 bridgehead atoms. The van der Waals surface area contributed by atoms with Gasteiger partial charge in [-0.05, 0) is 43.3 Å². The lowest BCUT2D eigenvalue weighted by Gasteiger charge is -2.30. The lowest BCUT2D eigenvalue weighted by molar-refractivity contribution is -0.151. The number of esters is 1. The average Bonchev–Trinajstić information content (AvgIpc) is 3.26. The molecule has 2 aromatic heterocycles. The van der Waals surface area contributed by atoms with Crippen molar-refractivity contribution >= 4 is 34.2 Å². The summed E-state index contributed by atoms with van der Waals surface area (Å²) >= 11 is 1.44. The number of amides is 1. The zero-order valence-corrected chi connectivity index (χ0v) is 16.4. The van der Waals surface area contributed by atoms with Crippen LogP contribution in [0.4, 0.5) is 0 Å². The smallest absolute Gasteiger partial charge is 0.309 e. The predicted octanol–water partition coefficient (Wildman–Crippen LogP) is 3.60. The molecule has 1 aromatic carbocycles. The van der Waals surface area contributed by atoms with Gasteiger partial charge in [-0.15, -0.1) is 11.3 Å². The molecule has 0 unspecified atom stereocenters. The summed E-state index contributed by atoms with van der Waals surface area (Å²) in [5.41, 5.74) is 3.07. The number of thiophene rings is 1. The number of likely N-dealkylation sites (tertiary alicyclic amines) is 1. The molecule has 0 atom stereocenters. The summed E-state index contributed by atoms with van der Waals surface area (Å²) < 4.78 is 5.52. The summed E-state index contributed by atoms with van der Waals surface area (Å²) in [5, 5.41) is 1.90. The third-order valence-corrected chi connectivity index (χ3v) is 5.90. The number of fused-ring (bicyclic) bond motifs is 1. The lowest BCUT2D eigenvalue weighted by Crippen LogP contribution is -2.40. The first kappa shape index (κ1) is 18.6. The molecule has 144 valence electrons. The van der Waals surface area contributed by atoms with Crippen molar-refractivity contribution in [2.75, 3.05) is 13.1 Å². The second kappa shape index (κ2) is 8.06. The van der Waals surface area contributed by atoms with E-state index >= 15 is 0 Å². The van der Waals surface area contributed by atoms with E-state index in [9.17, 15) is 9.59 Å². The van der Waals surface area contributed by atoms with Crippen molar-refractivity contribution in [3.63, 3.8) is 0 Å². The molecular weight excluding hydrogens is 374 g/mol. The Kier molecular flexibility index (Phi) is 5.34. The maximum Gasteiger partial charge on any atom is 0.309 e. The second-order valence-corrected chi connectivity index (χ2v) is 7.84. The molecule has 0 saturated carbocycles. The largest absolute Gasteiger partial charge is 0.459 e. The monoisotopic (exact) mass is 395 g/mol. The van der Waals surface area contributed by atoms with Crippen LogP contribution in [0.3, 0.4) is 0 Å². The summed E-state index contributed by atoms with van der Waals surface area (Å²) in [6, 6.07) is 11.4. The maximum absolute atomic E-state index is 12.5. The van der Waals surface area contributed by atoms with Crippen LogP contribution in [0, 0.1) is 12.8 Å². The van der Waals surface area contributed by atoms with Crippen molar-refractivity contribution in [3.05, 3.63) is 58.0 Å². The Bertz CT molecular complexity index is 995. The third-order valence-electron chi connectivity index (χ3n) is 5.04. The molecule has 1 aliphatic rings. The number of ether oxygens (including phenoxy) is 1. The fourth-order valence-electron chi connectivity index (χ4n) is 3.39. The lowest BCUT2D eigenvalue weighted by atomic mass is 9.97. The van der Waals surface area contributed by atoms with Gasteiger partial charge in [-0.1, -0.05) is 18.2 Å². The van der Waals surface area contributed by atoms with E-state index in [0.717, 1.165) is 21.6 Å². The molecule has 6 nitrogen and oxygen atoms in total. The summed E-state index contributed by atoms with van der Waals surface area (Å²) in [5.74, 6) is -0.359. The van der Waals surface area contributed by atoms with Gasteiger partial charge in [0.25, 0.3) is 5.91 Å². The number of para-hydroxylation sites is 2. The van der Waals surface area contributed by atoms with Crippen LogP contribution in [0.5, 0.6) is 0 Å². The zero-order valence-electron chi connectivity index (χ0n) is 15.6. The van der Waals surface area contributed by atoms with E-state index in [1.807, 2.05) is 53.6 Å². The Hall–Kier alpha value is -2.80. The molecule has 3 heterocycles. The summed E-state index contributed by atoms with van der Waals surface area (Å²) in [6.07, 6.45) is 1.25. The molecule has 3 aromatic rings. The first-order valence-corrected chi connectivity index (χ1v) is 10.2. The molecular formula is C21H21N3O3S. The molecule has 0 aliphatic carbocycles. The van der Waals surface area contributed by atoms with E-state index in [-0.39, 0.29) is 24.4 Å². The minimum Gasteiger partial charge on any atom is -0.459 e. The van der Waals surface area contributed by atoms with Crippen LogP contribution in [0.15, 0.2) is 41.8 Å². The van der Waals surface area contributed by atoms with Crippen LogP contribution in [-0.4, -0.2) is 39.8 Å². The van der Waals surface area contributed by atoms with Gasteiger partial charge in [-0.2, -0.15) is 0 Å². The van der Waals surface area contributed by atoms with Crippen LogP contribution in [-0.2, 0) is 16.1 Å². The highest BCUT2D eigenvalue weighted by Gasteiger charge is 2.29. The summed E-state index contributed by atoms with van der Waals surface area (Å²) in [4.78, 5) is 36.5. The second-order valence-electron chi connectivity index (χ2n) is 6.90. The molecule has 1 amide bonds. The van der Waals surface area contributed by atoms with Crippen molar-refractivity contribution in [2.45, 2.75) is 26.4 Å². The number of carbonyl (C=O) groups is 2. The zero-order chi connectivity index (χ0) is 19.5. The van der Waals surface area contributed by atoms with Crippen LogP contribution in [0.1, 0.15) is 33.9 Å². The van der Waals surface area contributed by atoms with Crippen LogP contribution < -0.4 is 0 Å². The van der Waals surface area contributed by atoms with Crippen LogP contribution >= 0.6 is 11.3 Å². The number of benzene rings is 1. The van der Waals surface area contributed by atoms with Crippen molar-refractivity contribution < 1.29 is 14.3 Å². The molecule has 0 spiro atoms. The van der Waals surface area contributed by atoms with Gasteiger partial charge < -0.3 is 9.64 Å². The molecule has 7 heteroatoms. The Morgan fingerprint density at radius 3 is 2.50 bits per heavy atom. The Labute approximate surface area is 167 Å². The van der Waals surface area contributed by atoms with Gasteiger partial charge in [-0.25, -0.2) is 9.97 Å². The minimum atomic E-state index is -0.224. The highest BCUT2D eigenvalue weighted by Crippen LogP contribution is 2.22. The molecule has 1 saturated heterocycles. The van der Waals surface area contributed by atoms with E-state index in [0.29, 0.717) is 31.6 Å². The summed E-state index contributed by atoms with van der Waals surface area (Å²) in [7, 11) is 0. The number of nitrogens with zero attached hydrogens (tertiary/aromatic N) is 3. The molecule has 0 N–H and O–H groups in total. The Balaban J connectivity index is 1.33. The number of rotatable bonds is 4. The Morgan fingerprint density at radius 2 is 1.82 bits per heavy atom. The summed E-state index contributed by atoms with van der Waals surface area (Å²) in [6.45, 7) is 3.14. The van der Waals surface area contributed by atoms with E-state index < -0.39 is 0 Å². The quantitative estimate of drug-likeness (QED) is 0.631. The highest BCUT2D eigenvalue weighted by molar-refractivity contribution is 7.12. The number of aromatic nitrogens is 2. The fourth-order valence-corrected chi connectivity index (χ4v) is 4.08. The van der Waals surface area contributed by atoms with E-state index in [1.165, 1.54) is 11.3 Å². The molecule has 28 heavy (non-hydrogen) atoms. The number of hydrogen-bond acceptors (Lipinski definition) is 6. The SMILES string of the molecule is Cc1nc2ccccc2nc1COC(=O)C1CCN(C(=O)c2cccs2)CC1. The van der Waals surface area contributed by atoms with Crippen molar-refractivity contribution in [1.82, 2.24) is 14.9 Å². The first-order chi connectivity index (χ1) is 13.6. The van der Waals surface area contributed by atoms with Crippen LogP contribution in [0.2, 0.25) is 0 Å². The van der Waals surface area contributed by atoms with Gasteiger partial charge in [0.05, 0.1) is 33.2 Å². The predicted molar refractivity (Wildman–Crippen MR) is 107 cm³/mol. The molecule has 1 aliphatic heterocycles. The van der Waals surface area contributed by atoms with Gasteiger partial charge in [0.2, 0.25) is 0 Å². The first-order valence-electron chi connectivity index (χ1n) is 9.33. The molecule has 4 rings (SSSR count). The number of aryl methyl sites for hydroxylation is 1. The van der Waals surface area contributed by atoms with E-state index in [2.05, 4.69) is 9.97 Å². The van der Waals surface area contributed by atoms with Gasteiger partial charge in [0, 0.05) is 13.1 Å². The number of hydrogen-bond donors (Lipinski definition) is 0. The fraction of sp³-hybridized carbons (Fsp3) is 0.333. The number of carbonyl (C=O) groups excluding carboxylic acids is 2. The highest BCUT2D eigenvalue weighted by atomic mass is 32.1. The van der Waals surface area contributed by atoms with Gasteiger partial charge >= 0.3 is 5.97 Å². The number of piperidine rings is 1. The standard InChI is InChI=1S/C21H21N3O3S/c1-14-18(23-17-6-3-2-5-16(17)22-14)13-27-21(26)15-8-10-24(11-9-15)20(25)19-7-4-12-28-19/h2-7,12,15H,8-11,13H2,1H3. The minimum absolute atomic E-state index is 0.0453. The van der Waals surface area contributed by atoms with Crippen LogP contribution in [0.25, 0.3) is 11.0 Å². The van der Waals surface area contributed by atoms with Gasteiger partial charge in [0.15, 0.2) is 0 Å². The van der Waals surface area contributed by atoms with Gasteiger partial charge in [-0.3, -0.25) is 9.59 Å². The molecule has 0 radical (unpaired) electrons. The Morgan fingerprint density at radius 1 is 1.11 bits per heavy atom. The van der Waals surface area contributed by atoms with Crippen molar-refractivity contribution in [1.29, 1.82) is 0 Å². The van der Waals surface area contributed by atoms with Crippen molar-refractivity contribution in [3.8, 4) is 0 Å². The molecule has 1 fully saturated rings. The maximum atomic E-state index is 12.5. The normalized spacial score (nSPS) is 15.0. The average molecular weight is 395 g/mol.